The predicted molar refractivity (Wildman–Crippen MR) is 82.2 cm³/mol. The molecule has 1 fully saturated rings. The van der Waals surface area contributed by atoms with Gasteiger partial charge in [0.1, 0.15) is 0 Å². The lowest BCUT2D eigenvalue weighted by atomic mass is 9.76. The zero-order chi connectivity index (χ0) is 18.8. The largest absolute Gasteiger partial charge is 0.467 e. The van der Waals surface area contributed by atoms with Gasteiger partial charge in [0.2, 0.25) is 0 Å². The van der Waals surface area contributed by atoms with E-state index in [-0.39, 0.29) is 37.2 Å². The number of fused-ring (bicyclic) bond motifs is 2. The van der Waals surface area contributed by atoms with Crippen molar-refractivity contribution >= 4 is 23.9 Å². The highest BCUT2D eigenvalue weighted by Crippen LogP contribution is 2.50. The molecular formula is C16H21NO8. The van der Waals surface area contributed by atoms with E-state index >= 15 is 0 Å². The van der Waals surface area contributed by atoms with Gasteiger partial charge in [0.05, 0.1) is 38.6 Å². The van der Waals surface area contributed by atoms with Crippen LogP contribution >= 0.6 is 0 Å². The second-order valence-electron chi connectivity index (χ2n) is 5.61. The zero-order valence-electron chi connectivity index (χ0n) is 14.6. The first-order valence-electron chi connectivity index (χ1n) is 7.90. The van der Waals surface area contributed by atoms with Crippen LogP contribution in [0.15, 0.2) is 11.1 Å². The fourth-order valence-electron chi connectivity index (χ4n) is 3.48. The predicted octanol–water partition coefficient (Wildman–Crippen LogP) is -0.370. The van der Waals surface area contributed by atoms with E-state index in [1.165, 1.54) is 0 Å². The monoisotopic (exact) mass is 355 g/mol. The maximum absolute atomic E-state index is 12.5. The van der Waals surface area contributed by atoms with Crippen LogP contribution in [0.5, 0.6) is 0 Å². The van der Waals surface area contributed by atoms with E-state index in [9.17, 15) is 19.2 Å². The number of methoxy groups -OCH3 is 2. The molecule has 2 unspecified atom stereocenters. The minimum Gasteiger partial charge on any atom is -0.467 e. The number of ether oxygens (including phenoxy) is 4. The van der Waals surface area contributed by atoms with Crippen molar-refractivity contribution in [3.8, 4) is 0 Å². The minimum atomic E-state index is -1.66. The summed E-state index contributed by atoms with van der Waals surface area (Å²) in [5.74, 6) is -3.34. The van der Waals surface area contributed by atoms with Crippen LogP contribution in [0.4, 0.5) is 0 Å². The van der Waals surface area contributed by atoms with E-state index in [2.05, 4.69) is 5.32 Å². The second-order valence-corrected chi connectivity index (χ2v) is 5.61. The van der Waals surface area contributed by atoms with Crippen molar-refractivity contribution < 1.29 is 38.1 Å². The van der Waals surface area contributed by atoms with Crippen LogP contribution in [0.25, 0.3) is 0 Å². The molecule has 0 aromatic carbocycles. The summed E-state index contributed by atoms with van der Waals surface area (Å²) in [6, 6.07) is 0. The van der Waals surface area contributed by atoms with E-state index in [1.807, 2.05) is 0 Å². The van der Waals surface area contributed by atoms with Crippen molar-refractivity contribution in [1.29, 1.82) is 0 Å². The highest BCUT2D eigenvalue weighted by atomic mass is 16.5. The molecule has 2 bridgehead atoms. The van der Waals surface area contributed by atoms with Gasteiger partial charge < -0.3 is 18.9 Å². The zero-order valence-corrected chi connectivity index (χ0v) is 14.6. The van der Waals surface area contributed by atoms with Crippen molar-refractivity contribution in [2.24, 2.45) is 0 Å². The number of nitrogens with one attached hydrogen (secondary N) is 1. The van der Waals surface area contributed by atoms with E-state index in [1.54, 1.807) is 13.8 Å². The molecule has 0 spiro atoms. The fourth-order valence-corrected chi connectivity index (χ4v) is 3.48. The highest BCUT2D eigenvalue weighted by Gasteiger charge is 2.70. The van der Waals surface area contributed by atoms with E-state index in [0.29, 0.717) is 0 Å². The third-order valence-electron chi connectivity index (χ3n) is 4.43. The summed E-state index contributed by atoms with van der Waals surface area (Å²) in [5.41, 5.74) is -3.82. The Bertz CT molecular complexity index is 601. The highest BCUT2D eigenvalue weighted by molar-refractivity contribution is 6.15. The summed E-state index contributed by atoms with van der Waals surface area (Å²) < 4.78 is 19.6. The van der Waals surface area contributed by atoms with Crippen LogP contribution in [0.3, 0.4) is 0 Å². The average Bonchev–Trinajstić information content (AvgIpc) is 3.14. The molecule has 2 atom stereocenters. The Morgan fingerprint density at radius 2 is 1.20 bits per heavy atom. The molecule has 0 aromatic heterocycles. The smallest absolute Gasteiger partial charge is 0.337 e. The number of esters is 4. The van der Waals surface area contributed by atoms with Gasteiger partial charge in [-0.2, -0.15) is 0 Å². The number of hydrogen-bond donors (Lipinski definition) is 1. The summed E-state index contributed by atoms with van der Waals surface area (Å²) in [7, 11) is 2.31. The van der Waals surface area contributed by atoms with Gasteiger partial charge >= 0.3 is 23.9 Å². The molecule has 0 saturated carbocycles. The van der Waals surface area contributed by atoms with Crippen molar-refractivity contribution in [2.45, 2.75) is 37.8 Å². The Balaban J connectivity index is 2.74. The summed E-state index contributed by atoms with van der Waals surface area (Å²) in [6.45, 7) is 3.23. The summed E-state index contributed by atoms with van der Waals surface area (Å²) >= 11 is 0. The molecule has 1 N–H and O–H groups in total. The van der Waals surface area contributed by atoms with Crippen LogP contribution < -0.4 is 5.32 Å². The van der Waals surface area contributed by atoms with Crippen LogP contribution in [-0.4, -0.2) is 62.4 Å². The van der Waals surface area contributed by atoms with Crippen LogP contribution in [-0.2, 0) is 38.1 Å². The normalized spacial score (nSPS) is 27.0. The van der Waals surface area contributed by atoms with Crippen LogP contribution in [0, 0.1) is 0 Å². The van der Waals surface area contributed by atoms with Gasteiger partial charge in [0.25, 0.3) is 0 Å². The molecule has 9 heteroatoms. The molecule has 25 heavy (non-hydrogen) atoms. The van der Waals surface area contributed by atoms with Crippen molar-refractivity contribution in [3.63, 3.8) is 0 Å². The first-order valence-corrected chi connectivity index (χ1v) is 7.90. The van der Waals surface area contributed by atoms with Crippen molar-refractivity contribution in [1.82, 2.24) is 5.32 Å². The van der Waals surface area contributed by atoms with E-state index in [0.717, 1.165) is 14.2 Å². The molecule has 0 radical (unpaired) electrons. The Morgan fingerprint density at radius 3 is 1.48 bits per heavy atom. The number of hydrogen-bond acceptors (Lipinski definition) is 9. The third-order valence-corrected chi connectivity index (χ3v) is 4.43. The number of rotatable bonds is 6. The topological polar surface area (TPSA) is 117 Å². The average molecular weight is 355 g/mol. The SMILES string of the molecule is CCOC(=O)C1=C(C(=O)OCC)C2(C(=O)OC)CCC1(C(=O)OC)N2. The lowest BCUT2D eigenvalue weighted by molar-refractivity contribution is -0.151. The Hall–Kier alpha value is -2.42. The second kappa shape index (κ2) is 6.83. The van der Waals surface area contributed by atoms with Crippen LogP contribution in [0.2, 0.25) is 0 Å². The Morgan fingerprint density at radius 1 is 0.840 bits per heavy atom. The molecule has 0 aliphatic carbocycles. The number of carbonyl (C=O) groups is 4. The third kappa shape index (κ3) is 2.58. The minimum absolute atomic E-state index is 0.0287. The lowest BCUT2D eigenvalue weighted by Gasteiger charge is -2.26. The Kier molecular flexibility index (Phi) is 5.17. The Labute approximate surface area is 144 Å². The maximum Gasteiger partial charge on any atom is 0.337 e. The molecule has 2 aliphatic rings. The molecule has 2 aliphatic heterocycles. The first kappa shape index (κ1) is 18.9. The van der Waals surface area contributed by atoms with Gasteiger partial charge in [-0.05, 0) is 26.7 Å². The van der Waals surface area contributed by atoms with Crippen molar-refractivity contribution in [3.05, 3.63) is 11.1 Å². The van der Waals surface area contributed by atoms with Gasteiger partial charge in [0, 0.05) is 0 Å². The lowest BCUT2D eigenvalue weighted by Crippen LogP contribution is -2.55. The molecule has 0 amide bonds. The standard InChI is InChI=1S/C16H21NO8/c1-5-24-11(18)9-10(12(19)25-6-2)16(14(21)23-4)8-7-15(9,17-16)13(20)22-3/h17H,5-8H2,1-4H3. The molecule has 2 rings (SSSR count). The van der Waals surface area contributed by atoms with E-state index < -0.39 is 35.0 Å². The molecule has 0 aromatic rings. The van der Waals surface area contributed by atoms with Crippen molar-refractivity contribution in [2.75, 3.05) is 27.4 Å². The molecule has 2 heterocycles. The van der Waals surface area contributed by atoms with Gasteiger partial charge in [-0.3, -0.25) is 5.32 Å². The fraction of sp³-hybridized carbons (Fsp3) is 0.625. The molecule has 1 saturated heterocycles. The quantitative estimate of drug-likeness (QED) is 0.503. The first-order chi connectivity index (χ1) is 11.8. The van der Waals surface area contributed by atoms with Gasteiger partial charge in [-0.1, -0.05) is 0 Å². The molecular weight excluding hydrogens is 334 g/mol. The van der Waals surface area contributed by atoms with Gasteiger partial charge in [-0.25, -0.2) is 19.2 Å². The van der Waals surface area contributed by atoms with Crippen LogP contribution in [0.1, 0.15) is 26.7 Å². The van der Waals surface area contributed by atoms with Gasteiger partial charge in [0.15, 0.2) is 11.1 Å². The summed E-state index contributed by atoms with van der Waals surface area (Å²) in [6.07, 6.45) is 0.150. The van der Waals surface area contributed by atoms with E-state index in [4.69, 9.17) is 18.9 Å². The summed E-state index contributed by atoms with van der Waals surface area (Å²) in [4.78, 5) is 50.0. The molecule has 9 nitrogen and oxygen atoms in total. The van der Waals surface area contributed by atoms with Gasteiger partial charge in [-0.15, -0.1) is 0 Å². The molecule has 138 valence electrons. The summed E-state index contributed by atoms with van der Waals surface area (Å²) in [5, 5.41) is 2.81. The number of carbonyl (C=O) groups excluding carboxylic acids is 4. The maximum atomic E-state index is 12.5.